The standard InChI is InChI=1S/C17H31N/c1-5-17(4,12-18-11-13(2)3)10-16-9-14-6-7-15(16)8-14/h5,13-16,18H,1,6-12H2,2-4H3. The largest absolute Gasteiger partial charge is 0.316 e. The average molecular weight is 249 g/mol. The fraction of sp³-hybridized carbons (Fsp3) is 0.882. The van der Waals surface area contributed by atoms with E-state index in [2.05, 4.69) is 38.7 Å². The normalized spacial score (nSPS) is 33.9. The Kier molecular flexibility index (Phi) is 4.53. The van der Waals surface area contributed by atoms with Crippen LogP contribution < -0.4 is 5.32 Å². The Morgan fingerprint density at radius 2 is 2.11 bits per heavy atom. The minimum Gasteiger partial charge on any atom is -0.316 e. The van der Waals surface area contributed by atoms with Gasteiger partial charge in [-0.1, -0.05) is 33.3 Å². The summed E-state index contributed by atoms with van der Waals surface area (Å²) in [5.74, 6) is 3.83. The molecule has 2 rings (SSSR count). The molecule has 1 heteroatoms. The first-order valence-corrected chi connectivity index (χ1v) is 7.87. The summed E-state index contributed by atoms with van der Waals surface area (Å²) in [7, 11) is 0. The third-order valence-corrected chi connectivity index (χ3v) is 5.19. The number of hydrogen-bond acceptors (Lipinski definition) is 1. The molecule has 0 radical (unpaired) electrons. The van der Waals surface area contributed by atoms with Crippen LogP contribution in [0.5, 0.6) is 0 Å². The van der Waals surface area contributed by atoms with Gasteiger partial charge in [0, 0.05) is 6.54 Å². The first-order chi connectivity index (χ1) is 8.52. The lowest BCUT2D eigenvalue weighted by Crippen LogP contribution is -2.34. The lowest BCUT2D eigenvalue weighted by atomic mass is 9.75. The zero-order valence-electron chi connectivity index (χ0n) is 12.5. The number of hydrogen-bond donors (Lipinski definition) is 1. The van der Waals surface area contributed by atoms with E-state index >= 15 is 0 Å². The summed E-state index contributed by atoms with van der Waals surface area (Å²) in [6, 6.07) is 0. The van der Waals surface area contributed by atoms with Crippen molar-refractivity contribution in [3.05, 3.63) is 12.7 Å². The van der Waals surface area contributed by atoms with E-state index in [0.29, 0.717) is 5.41 Å². The minimum atomic E-state index is 0.296. The SMILES string of the molecule is C=CC(C)(CNCC(C)C)CC1CC2CCC1C2. The summed E-state index contributed by atoms with van der Waals surface area (Å²) in [5, 5.41) is 3.62. The van der Waals surface area contributed by atoms with Crippen LogP contribution in [0.3, 0.4) is 0 Å². The third-order valence-electron chi connectivity index (χ3n) is 5.19. The van der Waals surface area contributed by atoms with E-state index in [1.54, 1.807) is 0 Å². The van der Waals surface area contributed by atoms with Crippen LogP contribution in [-0.4, -0.2) is 13.1 Å². The lowest BCUT2D eigenvalue weighted by Gasteiger charge is -2.33. The molecule has 1 N–H and O–H groups in total. The highest BCUT2D eigenvalue weighted by molar-refractivity contribution is 4.99. The minimum absolute atomic E-state index is 0.296. The van der Waals surface area contributed by atoms with Crippen molar-refractivity contribution in [2.75, 3.05) is 13.1 Å². The number of nitrogens with one attached hydrogen (secondary N) is 1. The highest BCUT2D eigenvalue weighted by Crippen LogP contribution is 2.51. The molecule has 0 heterocycles. The quantitative estimate of drug-likeness (QED) is 0.665. The van der Waals surface area contributed by atoms with Gasteiger partial charge < -0.3 is 5.32 Å². The summed E-state index contributed by atoms with van der Waals surface area (Å²) in [4.78, 5) is 0. The molecule has 0 aliphatic heterocycles. The van der Waals surface area contributed by atoms with E-state index in [4.69, 9.17) is 0 Å². The van der Waals surface area contributed by atoms with E-state index in [0.717, 1.165) is 36.8 Å². The number of fused-ring (bicyclic) bond motifs is 2. The summed E-state index contributed by atoms with van der Waals surface area (Å²) in [6.07, 6.45) is 9.59. The van der Waals surface area contributed by atoms with Crippen molar-refractivity contribution in [1.29, 1.82) is 0 Å². The molecule has 0 aromatic heterocycles. The molecule has 1 nitrogen and oxygen atoms in total. The number of rotatable bonds is 7. The van der Waals surface area contributed by atoms with Gasteiger partial charge in [0.25, 0.3) is 0 Å². The van der Waals surface area contributed by atoms with Crippen molar-refractivity contribution in [1.82, 2.24) is 5.32 Å². The van der Waals surface area contributed by atoms with Crippen molar-refractivity contribution in [3.63, 3.8) is 0 Å². The zero-order chi connectivity index (χ0) is 13.2. The molecule has 2 aliphatic carbocycles. The topological polar surface area (TPSA) is 12.0 Å². The van der Waals surface area contributed by atoms with Crippen LogP contribution in [0, 0.1) is 29.1 Å². The molecule has 2 saturated carbocycles. The van der Waals surface area contributed by atoms with Crippen molar-refractivity contribution in [3.8, 4) is 0 Å². The molecule has 4 unspecified atom stereocenters. The maximum atomic E-state index is 4.09. The molecule has 4 atom stereocenters. The maximum absolute atomic E-state index is 4.09. The Bertz CT molecular complexity index is 283. The van der Waals surface area contributed by atoms with Gasteiger partial charge in [-0.3, -0.25) is 0 Å². The van der Waals surface area contributed by atoms with Gasteiger partial charge in [-0.15, -0.1) is 6.58 Å². The molecule has 0 saturated heterocycles. The molecular weight excluding hydrogens is 218 g/mol. The third kappa shape index (κ3) is 3.38. The molecule has 0 aromatic carbocycles. The van der Waals surface area contributed by atoms with E-state index in [9.17, 15) is 0 Å². The van der Waals surface area contributed by atoms with Gasteiger partial charge in [0.2, 0.25) is 0 Å². The van der Waals surface area contributed by atoms with Gasteiger partial charge in [-0.05, 0) is 61.3 Å². The Labute approximate surface area is 113 Å². The summed E-state index contributed by atoms with van der Waals surface area (Å²) in [6.45, 7) is 13.3. The Balaban J connectivity index is 1.81. The molecule has 2 aliphatic rings. The smallest absolute Gasteiger partial charge is 0.00400 e. The summed E-state index contributed by atoms with van der Waals surface area (Å²) < 4.78 is 0. The molecule has 18 heavy (non-hydrogen) atoms. The van der Waals surface area contributed by atoms with E-state index < -0.39 is 0 Å². The van der Waals surface area contributed by atoms with E-state index in [-0.39, 0.29) is 0 Å². The van der Waals surface area contributed by atoms with Gasteiger partial charge in [0.1, 0.15) is 0 Å². The molecule has 2 fully saturated rings. The van der Waals surface area contributed by atoms with Crippen molar-refractivity contribution >= 4 is 0 Å². The molecule has 104 valence electrons. The fourth-order valence-corrected chi connectivity index (χ4v) is 4.10. The van der Waals surface area contributed by atoms with Crippen molar-refractivity contribution < 1.29 is 0 Å². The van der Waals surface area contributed by atoms with Gasteiger partial charge in [-0.25, -0.2) is 0 Å². The van der Waals surface area contributed by atoms with Crippen LogP contribution in [0.2, 0.25) is 0 Å². The maximum Gasteiger partial charge on any atom is 0.00400 e. The monoisotopic (exact) mass is 249 g/mol. The first kappa shape index (κ1) is 14.1. The van der Waals surface area contributed by atoms with Crippen molar-refractivity contribution in [2.24, 2.45) is 29.1 Å². The molecule has 0 amide bonds. The Morgan fingerprint density at radius 3 is 2.61 bits per heavy atom. The van der Waals surface area contributed by atoms with Gasteiger partial charge in [0.15, 0.2) is 0 Å². The second kappa shape index (κ2) is 5.77. The van der Waals surface area contributed by atoms with Crippen LogP contribution in [0.4, 0.5) is 0 Å². The van der Waals surface area contributed by atoms with Crippen LogP contribution in [0.1, 0.15) is 52.9 Å². The summed E-state index contributed by atoms with van der Waals surface area (Å²) in [5.41, 5.74) is 0.296. The van der Waals surface area contributed by atoms with Crippen LogP contribution in [0.25, 0.3) is 0 Å². The van der Waals surface area contributed by atoms with Crippen LogP contribution in [-0.2, 0) is 0 Å². The molecular formula is C17H31N. The van der Waals surface area contributed by atoms with Gasteiger partial charge in [-0.2, -0.15) is 0 Å². The van der Waals surface area contributed by atoms with Gasteiger partial charge in [0.05, 0.1) is 0 Å². The molecule has 0 spiro atoms. The predicted octanol–water partition coefficient (Wildman–Crippen LogP) is 4.25. The highest BCUT2D eigenvalue weighted by Gasteiger charge is 2.41. The lowest BCUT2D eigenvalue weighted by molar-refractivity contribution is 0.225. The predicted molar refractivity (Wildman–Crippen MR) is 79.6 cm³/mol. The second-order valence-electron chi connectivity index (χ2n) is 7.52. The summed E-state index contributed by atoms with van der Waals surface area (Å²) >= 11 is 0. The van der Waals surface area contributed by atoms with Crippen LogP contribution >= 0.6 is 0 Å². The van der Waals surface area contributed by atoms with Crippen LogP contribution in [0.15, 0.2) is 12.7 Å². The second-order valence-corrected chi connectivity index (χ2v) is 7.52. The molecule has 0 aromatic rings. The van der Waals surface area contributed by atoms with Crippen molar-refractivity contribution in [2.45, 2.75) is 52.9 Å². The fourth-order valence-electron chi connectivity index (χ4n) is 4.10. The average Bonchev–Trinajstić information content (AvgIpc) is 2.90. The molecule has 2 bridgehead atoms. The highest BCUT2D eigenvalue weighted by atomic mass is 14.9. The first-order valence-electron chi connectivity index (χ1n) is 7.87. The van der Waals surface area contributed by atoms with E-state index in [1.165, 1.54) is 32.1 Å². The Hall–Kier alpha value is -0.300. The van der Waals surface area contributed by atoms with Gasteiger partial charge >= 0.3 is 0 Å². The zero-order valence-corrected chi connectivity index (χ0v) is 12.5. The van der Waals surface area contributed by atoms with E-state index in [1.807, 2.05) is 0 Å². The Morgan fingerprint density at radius 1 is 1.33 bits per heavy atom.